The molecule has 0 radical (unpaired) electrons. The minimum Gasteiger partial charge on any atom is -0.479 e. The predicted octanol–water partition coefficient (Wildman–Crippen LogP) is 3.22. The van der Waals surface area contributed by atoms with Gasteiger partial charge in [-0.2, -0.15) is 0 Å². The highest BCUT2D eigenvalue weighted by molar-refractivity contribution is 9.10. The van der Waals surface area contributed by atoms with E-state index < -0.39 is 27.5 Å². The molecule has 36 heavy (non-hydrogen) atoms. The molecule has 0 saturated carbocycles. The molecule has 3 aromatic rings. The van der Waals surface area contributed by atoms with E-state index in [0.29, 0.717) is 21.5 Å². The van der Waals surface area contributed by atoms with Gasteiger partial charge in [-0.15, -0.1) is 0 Å². The fraction of sp³-hybridized carbons (Fsp3) is 0.115. The molecule has 0 amide bonds. The number of carbonyl (C=O) groups is 2. The number of halogens is 1. The molecule has 1 aliphatic rings. The number of aryl methyl sites for hydroxylation is 1. The van der Waals surface area contributed by atoms with Crippen molar-refractivity contribution in [3.8, 4) is 0 Å². The number of carboxylic acids is 2. The zero-order valence-corrected chi connectivity index (χ0v) is 21.4. The molecule has 1 unspecified atom stereocenters. The summed E-state index contributed by atoms with van der Waals surface area (Å²) in [6.07, 6.45) is 2.67. The molecule has 184 valence electrons. The summed E-state index contributed by atoms with van der Waals surface area (Å²) < 4.78 is 28.9. The average Bonchev–Trinajstić information content (AvgIpc) is 3.18. The first kappa shape index (κ1) is 25.3. The number of nitrogens with one attached hydrogen (secondary N) is 1. The number of nitrogens with zero attached hydrogens (tertiary/aromatic N) is 1. The van der Waals surface area contributed by atoms with Gasteiger partial charge in [0.15, 0.2) is 0 Å². The standard InChI is InChI=1S/C26H21BrN2O6S/c1-2-16-13-18(27)15-21-22(11-12-23(30)31)26(25(32)33,28-24(16)21)17-7-6-8-19(14-17)29-36(34,35)20-9-4-3-5-10-20/h3-15,29H,2H2,1H3,(H,30,31)(H,32,33). The zero-order valence-electron chi connectivity index (χ0n) is 19.0. The van der Waals surface area contributed by atoms with Crippen molar-refractivity contribution >= 4 is 49.2 Å². The lowest BCUT2D eigenvalue weighted by Gasteiger charge is -2.25. The lowest BCUT2D eigenvalue weighted by Crippen LogP contribution is -2.34. The van der Waals surface area contributed by atoms with E-state index in [4.69, 9.17) is 0 Å². The smallest absolute Gasteiger partial charge is 0.341 e. The SMILES string of the molecule is CCc1cc(Br)cc2c1=NC(C(=O)O)(c1cccc(NS(=O)(=O)c3ccccc3)c1)C=2C=CC(=O)O. The van der Waals surface area contributed by atoms with Crippen molar-refractivity contribution in [1.82, 2.24) is 0 Å². The van der Waals surface area contributed by atoms with Crippen LogP contribution in [0.15, 0.2) is 93.2 Å². The molecule has 4 rings (SSSR count). The van der Waals surface area contributed by atoms with Gasteiger partial charge in [0.2, 0.25) is 5.54 Å². The molecule has 0 aromatic heterocycles. The molecule has 3 aromatic carbocycles. The van der Waals surface area contributed by atoms with Crippen molar-refractivity contribution in [2.45, 2.75) is 23.8 Å². The first-order valence-electron chi connectivity index (χ1n) is 10.8. The highest BCUT2D eigenvalue weighted by atomic mass is 79.9. The second-order valence-electron chi connectivity index (χ2n) is 8.03. The van der Waals surface area contributed by atoms with Gasteiger partial charge in [0.1, 0.15) is 0 Å². The monoisotopic (exact) mass is 568 g/mol. The Morgan fingerprint density at radius 2 is 1.78 bits per heavy atom. The molecular weight excluding hydrogens is 548 g/mol. The minimum absolute atomic E-state index is 0.0513. The summed E-state index contributed by atoms with van der Waals surface area (Å²) >= 11 is 3.44. The fourth-order valence-corrected chi connectivity index (χ4v) is 5.75. The molecular formula is C26H21BrN2O6S. The second kappa shape index (κ2) is 9.71. The Labute approximate surface area is 215 Å². The highest BCUT2D eigenvalue weighted by Gasteiger charge is 2.46. The van der Waals surface area contributed by atoms with E-state index in [2.05, 4.69) is 25.6 Å². The Morgan fingerprint density at radius 1 is 1.06 bits per heavy atom. The van der Waals surface area contributed by atoms with Crippen LogP contribution >= 0.6 is 15.9 Å². The summed E-state index contributed by atoms with van der Waals surface area (Å²) in [6.45, 7) is 1.91. The predicted molar refractivity (Wildman–Crippen MR) is 137 cm³/mol. The van der Waals surface area contributed by atoms with Crippen LogP contribution in [-0.4, -0.2) is 30.6 Å². The van der Waals surface area contributed by atoms with Gasteiger partial charge in [0.05, 0.1) is 10.3 Å². The fourth-order valence-electron chi connectivity index (χ4n) is 4.18. The van der Waals surface area contributed by atoms with Gasteiger partial charge in [0.25, 0.3) is 10.0 Å². The Hall–Kier alpha value is -3.76. The summed E-state index contributed by atoms with van der Waals surface area (Å²) in [7, 11) is -3.93. The summed E-state index contributed by atoms with van der Waals surface area (Å²) in [6, 6.07) is 17.3. The first-order chi connectivity index (χ1) is 17.1. The number of hydrogen-bond acceptors (Lipinski definition) is 5. The third-order valence-electron chi connectivity index (χ3n) is 5.78. The molecule has 10 heteroatoms. The quantitative estimate of drug-likeness (QED) is 0.357. The van der Waals surface area contributed by atoms with Crippen LogP contribution in [0.5, 0.6) is 0 Å². The normalized spacial score (nSPS) is 17.0. The lowest BCUT2D eigenvalue weighted by atomic mass is 9.82. The van der Waals surface area contributed by atoms with E-state index >= 15 is 0 Å². The van der Waals surface area contributed by atoms with Gasteiger partial charge in [-0.1, -0.05) is 53.2 Å². The maximum atomic E-state index is 12.9. The number of fused-ring (bicyclic) bond motifs is 1. The Bertz CT molecular complexity index is 1630. The number of carboxylic acid groups (broad SMARTS) is 2. The van der Waals surface area contributed by atoms with Gasteiger partial charge in [0, 0.05) is 27.0 Å². The summed E-state index contributed by atoms with van der Waals surface area (Å²) in [5.41, 5.74) is -0.742. The van der Waals surface area contributed by atoms with Gasteiger partial charge in [-0.3, -0.25) is 9.71 Å². The summed E-state index contributed by atoms with van der Waals surface area (Å²) in [5.74, 6) is -2.57. The van der Waals surface area contributed by atoms with Gasteiger partial charge in [-0.05, 0) is 60.0 Å². The molecule has 3 N–H and O–H groups in total. The second-order valence-corrected chi connectivity index (χ2v) is 10.6. The van der Waals surface area contributed by atoms with Gasteiger partial charge in [-0.25, -0.2) is 18.0 Å². The van der Waals surface area contributed by atoms with Crippen molar-refractivity contribution in [3.05, 3.63) is 105 Å². The molecule has 0 saturated heterocycles. The third-order valence-corrected chi connectivity index (χ3v) is 7.64. The van der Waals surface area contributed by atoms with Crippen LogP contribution in [0.25, 0.3) is 5.57 Å². The number of anilines is 1. The van der Waals surface area contributed by atoms with Crippen LogP contribution in [0, 0.1) is 0 Å². The van der Waals surface area contributed by atoms with E-state index in [1.165, 1.54) is 42.5 Å². The zero-order chi connectivity index (χ0) is 26.1. The molecule has 0 bridgehead atoms. The molecule has 0 spiro atoms. The van der Waals surface area contributed by atoms with Gasteiger partial charge < -0.3 is 10.2 Å². The molecule has 8 nitrogen and oxygen atoms in total. The van der Waals surface area contributed by atoms with Crippen LogP contribution in [-0.2, 0) is 31.6 Å². The summed E-state index contributed by atoms with van der Waals surface area (Å²) in [5, 5.41) is 20.7. The van der Waals surface area contributed by atoms with Crippen LogP contribution in [0.1, 0.15) is 18.1 Å². The number of aliphatic carboxylic acids is 2. The maximum absolute atomic E-state index is 12.9. The summed E-state index contributed by atoms with van der Waals surface area (Å²) in [4.78, 5) is 29.0. The van der Waals surface area contributed by atoms with Crippen LogP contribution in [0.3, 0.4) is 0 Å². The van der Waals surface area contributed by atoms with Crippen molar-refractivity contribution in [2.75, 3.05) is 4.72 Å². The molecule has 1 heterocycles. The Kier molecular flexibility index (Phi) is 6.83. The molecule has 1 aliphatic heterocycles. The Morgan fingerprint density at radius 3 is 2.42 bits per heavy atom. The largest absolute Gasteiger partial charge is 0.479 e. The van der Waals surface area contributed by atoms with Crippen molar-refractivity contribution in [1.29, 1.82) is 0 Å². The van der Waals surface area contributed by atoms with Crippen molar-refractivity contribution in [3.63, 3.8) is 0 Å². The average molecular weight is 569 g/mol. The highest BCUT2D eigenvalue weighted by Crippen LogP contribution is 2.38. The van der Waals surface area contributed by atoms with Crippen LogP contribution in [0.2, 0.25) is 0 Å². The van der Waals surface area contributed by atoms with E-state index in [1.54, 1.807) is 24.3 Å². The molecule has 0 aliphatic carbocycles. The van der Waals surface area contributed by atoms with E-state index in [-0.39, 0.29) is 21.7 Å². The maximum Gasteiger partial charge on any atom is 0.341 e. The minimum atomic E-state index is -3.93. The van der Waals surface area contributed by atoms with Crippen LogP contribution < -0.4 is 15.3 Å². The van der Waals surface area contributed by atoms with E-state index in [0.717, 1.165) is 11.6 Å². The van der Waals surface area contributed by atoms with Crippen molar-refractivity contribution in [2.24, 2.45) is 4.99 Å². The van der Waals surface area contributed by atoms with Gasteiger partial charge >= 0.3 is 11.9 Å². The molecule has 1 atom stereocenters. The van der Waals surface area contributed by atoms with Crippen molar-refractivity contribution < 1.29 is 28.2 Å². The number of rotatable bonds is 8. The number of hydrogen-bond donors (Lipinski definition) is 3. The third kappa shape index (κ3) is 4.57. The topological polar surface area (TPSA) is 133 Å². The lowest BCUT2D eigenvalue weighted by molar-refractivity contribution is -0.141. The number of benzene rings is 3. The first-order valence-corrected chi connectivity index (χ1v) is 13.1. The van der Waals surface area contributed by atoms with E-state index in [1.807, 2.05) is 13.0 Å². The van der Waals surface area contributed by atoms with E-state index in [9.17, 15) is 28.2 Å². The number of sulfonamides is 1. The molecule has 0 fully saturated rings. The Balaban J connectivity index is 1.95. The van der Waals surface area contributed by atoms with Crippen LogP contribution in [0.4, 0.5) is 5.69 Å².